The summed E-state index contributed by atoms with van der Waals surface area (Å²) in [7, 11) is 1.85. The number of amides is 2. The first-order valence-electron chi connectivity index (χ1n) is 10.0. The highest BCUT2D eigenvalue weighted by Gasteiger charge is 2.31. The van der Waals surface area contributed by atoms with E-state index in [1.165, 1.54) is 0 Å². The normalized spacial score (nSPS) is 18.5. The number of anilines is 1. The van der Waals surface area contributed by atoms with Crippen molar-refractivity contribution in [2.24, 2.45) is 11.8 Å². The zero-order valence-electron chi connectivity index (χ0n) is 16.7. The van der Waals surface area contributed by atoms with Crippen LogP contribution in [-0.4, -0.2) is 35.3 Å². The maximum Gasteiger partial charge on any atom is 0.227 e. The molecule has 0 atom stereocenters. The van der Waals surface area contributed by atoms with Gasteiger partial charge in [0.15, 0.2) is 0 Å². The molecule has 0 spiro atoms. The predicted octanol–water partition coefficient (Wildman–Crippen LogP) is 3.40. The van der Waals surface area contributed by atoms with Crippen LogP contribution in [0.25, 0.3) is 0 Å². The lowest BCUT2D eigenvalue weighted by Crippen LogP contribution is -2.37. The van der Waals surface area contributed by atoms with Gasteiger partial charge in [0.05, 0.1) is 11.3 Å². The standard InChI is InChI=1S/C23H26N4O2/c1-27(15-12-17-10-13-25-14-11-17)23(29)19-8-6-18(7-9-19)22(28)26-21-5-3-2-4-20(21)16-24/h2-5,10-11,13-14,18-19H,6-9,12,15H2,1H3,(H,26,28). The molecule has 150 valence electrons. The fraction of sp³-hybridized carbons (Fsp3) is 0.391. The lowest BCUT2D eigenvalue weighted by Gasteiger charge is -2.30. The molecule has 2 amide bonds. The molecule has 0 radical (unpaired) electrons. The van der Waals surface area contributed by atoms with Gasteiger partial charge in [0.2, 0.25) is 11.8 Å². The summed E-state index contributed by atoms with van der Waals surface area (Å²) in [5, 5.41) is 12.0. The Labute approximate surface area is 171 Å². The van der Waals surface area contributed by atoms with Crippen LogP contribution in [0.1, 0.15) is 36.8 Å². The van der Waals surface area contributed by atoms with E-state index in [1.54, 1.807) is 41.6 Å². The van der Waals surface area contributed by atoms with Crippen LogP contribution in [0.15, 0.2) is 48.8 Å². The first-order valence-corrected chi connectivity index (χ1v) is 10.0. The Morgan fingerprint density at radius 2 is 1.76 bits per heavy atom. The van der Waals surface area contributed by atoms with Crippen molar-refractivity contribution in [3.8, 4) is 6.07 Å². The molecule has 1 saturated carbocycles. The Bertz CT molecular complexity index is 883. The summed E-state index contributed by atoms with van der Waals surface area (Å²) in [5.74, 6) is -0.0433. The number of nitrogens with one attached hydrogen (secondary N) is 1. The van der Waals surface area contributed by atoms with E-state index in [1.807, 2.05) is 19.2 Å². The summed E-state index contributed by atoms with van der Waals surface area (Å²) in [5.41, 5.74) is 2.17. The zero-order chi connectivity index (χ0) is 20.6. The van der Waals surface area contributed by atoms with Gasteiger partial charge in [-0.15, -0.1) is 0 Å². The molecule has 1 aliphatic rings. The molecule has 1 heterocycles. The van der Waals surface area contributed by atoms with Crippen molar-refractivity contribution in [1.29, 1.82) is 5.26 Å². The van der Waals surface area contributed by atoms with Gasteiger partial charge in [0, 0.05) is 37.8 Å². The lowest BCUT2D eigenvalue weighted by atomic mass is 9.81. The Balaban J connectivity index is 1.47. The minimum atomic E-state index is -0.118. The van der Waals surface area contributed by atoms with Gasteiger partial charge in [0.25, 0.3) is 0 Å². The Morgan fingerprint density at radius 3 is 2.45 bits per heavy atom. The van der Waals surface area contributed by atoms with Crippen LogP contribution in [0.4, 0.5) is 5.69 Å². The minimum Gasteiger partial charge on any atom is -0.345 e. The Morgan fingerprint density at radius 1 is 1.10 bits per heavy atom. The quantitative estimate of drug-likeness (QED) is 0.819. The Kier molecular flexibility index (Phi) is 6.96. The number of rotatable bonds is 6. The smallest absolute Gasteiger partial charge is 0.227 e. The molecule has 0 aliphatic heterocycles. The molecule has 29 heavy (non-hydrogen) atoms. The third-order valence-electron chi connectivity index (χ3n) is 5.61. The van der Waals surface area contributed by atoms with Crippen molar-refractivity contribution < 1.29 is 9.59 Å². The van der Waals surface area contributed by atoms with Crippen molar-refractivity contribution in [1.82, 2.24) is 9.88 Å². The molecular formula is C23H26N4O2. The maximum absolute atomic E-state index is 12.7. The largest absolute Gasteiger partial charge is 0.345 e. The third kappa shape index (κ3) is 5.41. The summed E-state index contributed by atoms with van der Waals surface area (Å²) in [6, 6.07) is 13.0. The van der Waals surface area contributed by atoms with Crippen LogP contribution in [0.3, 0.4) is 0 Å². The highest BCUT2D eigenvalue weighted by atomic mass is 16.2. The summed E-state index contributed by atoms with van der Waals surface area (Å²) in [6.45, 7) is 0.675. The number of para-hydroxylation sites is 1. The van der Waals surface area contributed by atoms with Gasteiger partial charge in [-0.25, -0.2) is 0 Å². The molecule has 1 aliphatic carbocycles. The van der Waals surface area contributed by atoms with Gasteiger partial charge in [-0.1, -0.05) is 12.1 Å². The molecule has 0 saturated heterocycles. The van der Waals surface area contributed by atoms with Crippen molar-refractivity contribution in [2.75, 3.05) is 18.9 Å². The van der Waals surface area contributed by atoms with E-state index in [-0.39, 0.29) is 23.7 Å². The summed E-state index contributed by atoms with van der Waals surface area (Å²) < 4.78 is 0. The van der Waals surface area contributed by atoms with Crippen molar-refractivity contribution >= 4 is 17.5 Å². The van der Waals surface area contributed by atoms with Crippen LogP contribution in [-0.2, 0) is 16.0 Å². The van der Waals surface area contributed by atoms with E-state index in [2.05, 4.69) is 16.4 Å². The van der Waals surface area contributed by atoms with Gasteiger partial charge >= 0.3 is 0 Å². The number of aromatic nitrogens is 1. The number of nitrogens with zero attached hydrogens (tertiary/aromatic N) is 3. The lowest BCUT2D eigenvalue weighted by molar-refractivity contribution is -0.136. The monoisotopic (exact) mass is 390 g/mol. The second-order valence-corrected chi connectivity index (χ2v) is 7.56. The molecule has 1 aromatic carbocycles. The van der Waals surface area contributed by atoms with Gasteiger partial charge in [0.1, 0.15) is 6.07 Å². The van der Waals surface area contributed by atoms with Crippen LogP contribution >= 0.6 is 0 Å². The van der Waals surface area contributed by atoms with E-state index in [4.69, 9.17) is 5.26 Å². The molecule has 6 heteroatoms. The topological polar surface area (TPSA) is 86.1 Å². The van der Waals surface area contributed by atoms with Gasteiger partial charge in [-0.2, -0.15) is 5.26 Å². The number of likely N-dealkylation sites (N-methyl/N-ethyl adjacent to an activating group) is 1. The van der Waals surface area contributed by atoms with Crippen molar-refractivity contribution in [3.63, 3.8) is 0 Å². The van der Waals surface area contributed by atoms with E-state index < -0.39 is 0 Å². The molecule has 0 bridgehead atoms. The van der Waals surface area contributed by atoms with Crippen molar-refractivity contribution in [2.45, 2.75) is 32.1 Å². The SMILES string of the molecule is CN(CCc1ccncc1)C(=O)C1CCC(C(=O)Nc2ccccc2C#N)CC1. The number of benzene rings is 1. The summed E-state index contributed by atoms with van der Waals surface area (Å²) in [6.07, 6.45) is 7.15. The van der Waals surface area contributed by atoms with E-state index >= 15 is 0 Å². The van der Waals surface area contributed by atoms with Crippen LogP contribution in [0, 0.1) is 23.2 Å². The average molecular weight is 390 g/mol. The second-order valence-electron chi connectivity index (χ2n) is 7.56. The van der Waals surface area contributed by atoms with Gasteiger partial charge in [-0.05, 0) is 61.9 Å². The number of nitriles is 1. The second kappa shape index (κ2) is 9.83. The number of pyridine rings is 1. The van der Waals surface area contributed by atoms with Gasteiger partial charge < -0.3 is 10.2 Å². The molecular weight excluding hydrogens is 364 g/mol. The summed E-state index contributed by atoms with van der Waals surface area (Å²) in [4.78, 5) is 31.1. The van der Waals surface area contributed by atoms with E-state index in [9.17, 15) is 9.59 Å². The van der Waals surface area contributed by atoms with Crippen LogP contribution in [0.2, 0.25) is 0 Å². The summed E-state index contributed by atoms with van der Waals surface area (Å²) >= 11 is 0. The maximum atomic E-state index is 12.7. The molecule has 1 aromatic heterocycles. The number of carbonyl (C=O) groups excluding carboxylic acids is 2. The first kappa shape index (κ1) is 20.5. The fourth-order valence-corrected chi connectivity index (χ4v) is 3.80. The predicted molar refractivity (Wildman–Crippen MR) is 111 cm³/mol. The average Bonchev–Trinajstić information content (AvgIpc) is 2.78. The van der Waals surface area contributed by atoms with Crippen molar-refractivity contribution in [3.05, 3.63) is 59.9 Å². The molecule has 1 fully saturated rings. The highest BCUT2D eigenvalue weighted by Crippen LogP contribution is 2.31. The van der Waals surface area contributed by atoms with Crippen LogP contribution < -0.4 is 5.32 Å². The molecule has 2 aromatic rings. The number of hydrogen-bond acceptors (Lipinski definition) is 4. The molecule has 3 rings (SSSR count). The highest BCUT2D eigenvalue weighted by molar-refractivity contribution is 5.94. The molecule has 1 N–H and O–H groups in total. The molecule has 6 nitrogen and oxygen atoms in total. The number of hydrogen-bond donors (Lipinski definition) is 1. The zero-order valence-corrected chi connectivity index (χ0v) is 16.7. The third-order valence-corrected chi connectivity index (χ3v) is 5.61. The van der Waals surface area contributed by atoms with E-state index in [0.29, 0.717) is 30.6 Å². The fourth-order valence-electron chi connectivity index (χ4n) is 3.80. The Hall–Kier alpha value is -3.20. The molecule has 0 unspecified atom stereocenters. The van der Waals surface area contributed by atoms with Gasteiger partial charge in [-0.3, -0.25) is 14.6 Å². The minimum absolute atomic E-state index is 0.0205. The number of carbonyl (C=O) groups is 2. The van der Waals surface area contributed by atoms with E-state index in [0.717, 1.165) is 24.8 Å². The van der Waals surface area contributed by atoms with Crippen LogP contribution in [0.5, 0.6) is 0 Å². The first-order chi connectivity index (χ1) is 14.1.